The summed E-state index contributed by atoms with van der Waals surface area (Å²) in [6.45, 7) is 4.19. The van der Waals surface area contributed by atoms with E-state index < -0.39 is 11.7 Å². The van der Waals surface area contributed by atoms with Gasteiger partial charge in [-0.2, -0.15) is 13.2 Å². The zero-order chi connectivity index (χ0) is 27.0. The van der Waals surface area contributed by atoms with Gasteiger partial charge in [-0.15, -0.1) is 11.3 Å². The minimum atomic E-state index is -4.37. The maximum atomic E-state index is 13.2. The van der Waals surface area contributed by atoms with E-state index in [2.05, 4.69) is 21.7 Å². The second-order valence-corrected chi connectivity index (χ2v) is 11.9. The van der Waals surface area contributed by atoms with E-state index in [9.17, 15) is 18.0 Å². The van der Waals surface area contributed by atoms with Crippen LogP contribution in [-0.4, -0.2) is 67.2 Å². The first-order valence-electron chi connectivity index (χ1n) is 13.8. The van der Waals surface area contributed by atoms with Gasteiger partial charge in [-0.25, -0.2) is 0 Å². The van der Waals surface area contributed by atoms with Crippen molar-refractivity contribution in [3.8, 4) is 0 Å². The third kappa shape index (κ3) is 6.10. The van der Waals surface area contributed by atoms with Gasteiger partial charge in [-0.05, 0) is 77.9 Å². The van der Waals surface area contributed by atoms with Crippen molar-refractivity contribution in [2.45, 2.75) is 63.1 Å². The molecule has 1 aromatic carbocycles. The van der Waals surface area contributed by atoms with E-state index in [1.807, 2.05) is 11.1 Å². The molecule has 4 aliphatic rings. The van der Waals surface area contributed by atoms with Gasteiger partial charge in [-0.1, -0.05) is 6.07 Å². The lowest BCUT2D eigenvalue weighted by molar-refractivity contribution is -0.137. The van der Waals surface area contributed by atoms with Gasteiger partial charge < -0.3 is 14.8 Å². The molecule has 0 bridgehead atoms. The van der Waals surface area contributed by atoms with Gasteiger partial charge in [0.15, 0.2) is 0 Å². The van der Waals surface area contributed by atoms with Gasteiger partial charge >= 0.3 is 6.18 Å². The van der Waals surface area contributed by atoms with Crippen molar-refractivity contribution in [3.05, 3.63) is 68.5 Å². The molecule has 0 spiro atoms. The number of hydrogen-bond donors (Lipinski definition) is 1. The number of likely N-dealkylation sites (tertiary alicyclic amines) is 1. The molecule has 1 amide bonds. The van der Waals surface area contributed by atoms with Crippen LogP contribution in [0.1, 0.15) is 52.5 Å². The number of hydrogen-bond acceptors (Lipinski definition) is 6. The first kappa shape index (κ1) is 27.0. The molecular formula is C29H34F3N3O3S. The van der Waals surface area contributed by atoms with Crippen LogP contribution in [0, 0.1) is 0 Å². The maximum absolute atomic E-state index is 13.2. The summed E-state index contributed by atoms with van der Waals surface area (Å²) in [6, 6.07) is 6.55. The van der Waals surface area contributed by atoms with Crippen molar-refractivity contribution >= 4 is 17.2 Å². The summed E-state index contributed by atoms with van der Waals surface area (Å²) in [7, 11) is 0. The molecule has 1 N–H and O–H groups in total. The van der Waals surface area contributed by atoms with Crippen LogP contribution in [0.15, 0.2) is 41.4 Å². The number of nitrogens with one attached hydrogen (secondary N) is 1. The van der Waals surface area contributed by atoms with Gasteiger partial charge in [0.25, 0.3) is 0 Å². The molecule has 0 saturated carbocycles. The molecule has 39 heavy (non-hydrogen) atoms. The predicted octanol–water partition coefficient (Wildman–Crippen LogP) is 4.69. The molecule has 6 rings (SSSR count). The molecule has 1 aromatic heterocycles. The molecule has 1 aliphatic carbocycles. The maximum Gasteiger partial charge on any atom is 0.416 e. The fraction of sp³-hybridized carbons (Fsp3) is 0.552. The minimum absolute atomic E-state index is 0.0890. The van der Waals surface area contributed by atoms with Crippen LogP contribution in [0.2, 0.25) is 0 Å². The Morgan fingerprint density at radius 2 is 1.92 bits per heavy atom. The van der Waals surface area contributed by atoms with E-state index in [0.29, 0.717) is 31.1 Å². The standard InChI is InChI=1S/C29H34F3N3O3S/c30-29(31,32)23-3-1-19-5-9-34(15-21(19)13-23)18-27(36)33-14-22-16-35(24-6-10-37-11-7-24)17-26(22)38-25-4-2-20-8-12-39-28(20)25/h1,3,8,12-14,24-26H,2,4-7,9-11,15-18H2,(H,33,36)/b22-14-/t25?,26-/m0/s1. The highest BCUT2D eigenvalue weighted by Gasteiger charge is 2.37. The normalized spacial score (nSPS) is 25.7. The molecule has 2 saturated heterocycles. The Balaban J connectivity index is 1.10. The summed E-state index contributed by atoms with van der Waals surface area (Å²) in [5.74, 6) is -0.164. The zero-order valence-corrected chi connectivity index (χ0v) is 22.7. The Morgan fingerprint density at radius 3 is 2.74 bits per heavy atom. The van der Waals surface area contributed by atoms with Crippen molar-refractivity contribution in [2.75, 3.05) is 39.4 Å². The van der Waals surface area contributed by atoms with Crippen LogP contribution in [0.3, 0.4) is 0 Å². The number of halogens is 3. The second-order valence-electron chi connectivity index (χ2n) is 11.0. The Hall–Kier alpha value is -2.24. The topological polar surface area (TPSA) is 54.0 Å². The molecule has 4 heterocycles. The summed E-state index contributed by atoms with van der Waals surface area (Å²) in [5.41, 5.74) is 3.37. The molecule has 10 heteroatoms. The number of fused-ring (bicyclic) bond motifs is 2. The lowest BCUT2D eigenvalue weighted by Crippen LogP contribution is -2.39. The molecule has 3 aliphatic heterocycles. The highest BCUT2D eigenvalue weighted by atomic mass is 32.1. The number of ether oxygens (including phenoxy) is 2. The Morgan fingerprint density at radius 1 is 1.08 bits per heavy atom. The fourth-order valence-corrected chi connectivity index (χ4v) is 7.29. The summed E-state index contributed by atoms with van der Waals surface area (Å²) < 4.78 is 51.7. The van der Waals surface area contributed by atoms with E-state index in [-0.39, 0.29) is 24.7 Å². The SMILES string of the molecule is O=C(CN1CCc2ccc(C(F)(F)F)cc2C1)N/C=C1/CN(C2CCOCC2)C[C@@H]1OC1CCc2ccsc21. The van der Waals surface area contributed by atoms with Crippen LogP contribution >= 0.6 is 11.3 Å². The smallest absolute Gasteiger partial charge is 0.381 e. The van der Waals surface area contributed by atoms with E-state index in [1.54, 1.807) is 17.4 Å². The number of thiophene rings is 1. The number of rotatable bonds is 6. The number of amides is 1. The lowest BCUT2D eigenvalue weighted by atomic mass is 9.97. The van der Waals surface area contributed by atoms with Crippen molar-refractivity contribution in [2.24, 2.45) is 0 Å². The first-order valence-corrected chi connectivity index (χ1v) is 14.6. The van der Waals surface area contributed by atoms with Gasteiger partial charge in [0.2, 0.25) is 5.91 Å². The third-order valence-corrected chi connectivity index (χ3v) is 9.45. The van der Waals surface area contributed by atoms with E-state index in [1.165, 1.54) is 16.5 Å². The number of nitrogens with zero attached hydrogens (tertiary/aromatic N) is 2. The van der Waals surface area contributed by atoms with E-state index in [4.69, 9.17) is 9.47 Å². The average Bonchev–Trinajstić information content (AvgIpc) is 3.65. The van der Waals surface area contributed by atoms with Crippen molar-refractivity contribution in [1.29, 1.82) is 0 Å². The Kier molecular flexibility index (Phi) is 7.83. The predicted molar refractivity (Wildman–Crippen MR) is 142 cm³/mol. The zero-order valence-electron chi connectivity index (χ0n) is 21.8. The highest BCUT2D eigenvalue weighted by molar-refractivity contribution is 7.10. The van der Waals surface area contributed by atoms with Crippen molar-refractivity contribution < 1.29 is 27.4 Å². The number of benzene rings is 1. The van der Waals surface area contributed by atoms with Gasteiger partial charge in [0.05, 0.1) is 24.3 Å². The summed E-state index contributed by atoms with van der Waals surface area (Å²) in [6.07, 6.45) is 2.10. The number of carbonyl (C=O) groups is 1. The molecule has 2 aromatic rings. The van der Waals surface area contributed by atoms with E-state index >= 15 is 0 Å². The fourth-order valence-electron chi connectivity index (χ4n) is 6.26. The molecule has 210 valence electrons. The Labute approximate surface area is 230 Å². The largest absolute Gasteiger partial charge is 0.416 e. The lowest BCUT2D eigenvalue weighted by Gasteiger charge is -2.30. The van der Waals surface area contributed by atoms with Crippen molar-refractivity contribution in [3.63, 3.8) is 0 Å². The average molecular weight is 562 g/mol. The van der Waals surface area contributed by atoms with Crippen LogP contribution in [-0.2, 0) is 39.8 Å². The number of alkyl halides is 3. The summed E-state index contributed by atoms with van der Waals surface area (Å²) in [4.78, 5) is 18.6. The molecule has 2 atom stereocenters. The van der Waals surface area contributed by atoms with Gasteiger partial charge in [0, 0.05) is 56.5 Å². The van der Waals surface area contributed by atoms with Gasteiger partial charge in [0.1, 0.15) is 0 Å². The van der Waals surface area contributed by atoms with Crippen molar-refractivity contribution in [1.82, 2.24) is 15.1 Å². The van der Waals surface area contributed by atoms with Crippen LogP contribution < -0.4 is 5.32 Å². The highest BCUT2D eigenvalue weighted by Crippen LogP contribution is 2.40. The first-order chi connectivity index (χ1) is 18.8. The summed E-state index contributed by atoms with van der Waals surface area (Å²) in [5, 5.41) is 5.10. The van der Waals surface area contributed by atoms with Crippen LogP contribution in [0.4, 0.5) is 13.2 Å². The number of carbonyl (C=O) groups excluding carboxylic acids is 1. The molecule has 6 nitrogen and oxygen atoms in total. The quantitative estimate of drug-likeness (QED) is 0.555. The molecule has 2 fully saturated rings. The second kappa shape index (κ2) is 11.3. The molecular weight excluding hydrogens is 527 g/mol. The van der Waals surface area contributed by atoms with Crippen LogP contribution in [0.5, 0.6) is 0 Å². The monoisotopic (exact) mass is 561 g/mol. The van der Waals surface area contributed by atoms with Gasteiger partial charge in [-0.3, -0.25) is 14.6 Å². The minimum Gasteiger partial charge on any atom is -0.381 e. The summed E-state index contributed by atoms with van der Waals surface area (Å²) >= 11 is 1.76. The van der Waals surface area contributed by atoms with E-state index in [0.717, 1.165) is 69.2 Å². The number of aryl methyl sites for hydroxylation is 1. The molecule has 1 unspecified atom stereocenters. The molecule has 0 radical (unpaired) electrons. The third-order valence-electron chi connectivity index (χ3n) is 8.40. The Bertz CT molecular complexity index is 1220. The van der Waals surface area contributed by atoms with Crippen LogP contribution in [0.25, 0.3) is 0 Å².